The van der Waals surface area contributed by atoms with Crippen LogP contribution in [0.15, 0.2) is 54.2 Å². The van der Waals surface area contributed by atoms with Gasteiger partial charge in [-0.2, -0.15) is 0 Å². The number of amides is 1. The SMILES string of the molecule is CCCCCc1ccc(NC(=S)NC(=O)c2csc(-c3cccnc3)n2)cc1. The molecule has 0 saturated carbocycles. The zero-order chi connectivity index (χ0) is 19.8. The highest BCUT2D eigenvalue weighted by molar-refractivity contribution is 7.80. The predicted molar refractivity (Wildman–Crippen MR) is 119 cm³/mol. The summed E-state index contributed by atoms with van der Waals surface area (Å²) in [6.45, 7) is 2.20. The van der Waals surface area contributed by atoms with Crippen LogP contribution in [0.3, 0.4) is 0 Å². The molecule has 0 bridgehead atoms. The third-order valence-electron chi connectivity index (χ3n) is 4.15. The highest BCUT2D eigenvalue weighted by atomic mass is 32.1. The van der Waals surface area contributed by atoms with Gasteiger partial charge in [0.25, 0.3) is 5.91 Å². The quantitative estimate of drug-likeness (QED) is 0.421. The van der Waals surface area contributed by atoms with Crippen molar-refractivity contribution in [3.8, 4) is 10.6 Å². The molecule has 0 atom stereocenters. The van der Waals surface area contributed by atoms with Crippen LogP contribution in [0, 0.1) is 0 Å². The first kappa shape index (κ1) is 20.1. The topological polar surface area (TPSA) is 66.9 Å². The molecule has 7 heteroatoms. The maximum absolute atomic E-state index is 12.4. The number of thiazole rings is 1. The number of hydrogen-bond donors (Lipinski definition) is 2. The summed E-state index contributed by atoms with van der Waals surface area (Å²) in [5.74, 6) is -0.333. The average molecular weight is 411 g/mol. The Morgan fingerprint density at radius 2 is 2.00 bits per heavy atom. The Morgan fingerprint density at radius 1 is 1.18 bits per heavy atom. The molecular weight excluding hydrogens is 388 g/mol. The summed E-state index contributed by atoms with van der Waals surface area (Å²) >= 11 is 6.65. The van der Waals surface area contributed by atoms with Crippen LogP contribution in [0.25, 0.3) is 10.6 Å². The molecule has 144 valence electrons. The summed E-state index contributed by atoms with van der Waals surface area (Å²) in [4.78, 5) is 20.8. The van der Waals surface area contributed by atoms with Crippen LogP contribution in [-0.2, 0) is 6.42 Å². The molecule has 1 amide bonds. The summed E-state index contributed by atoms with van der Waals surface area (Å²) in [6.07, 6.45) is 8.17. The van der Waals surface area contributed by atoms with Crippen LogP contribution >= 0.6 is 23.6 Å². The molecule has 0 aliphatic heterocycles. The second-order valence-corrected chi connectivity index (χ2v) is 7.61. The lowest BCUT2D eigenvalue weighted by Crippen LogP contribution is -2.34. The number of carbonyl (C=O) groups excluding carboxylic acids is 1. The average Bonchev–Trinajstić information content (AvgIpc) is 3.21. The monoisotopic (exact) mass is 410 g/mol. The zero-order valence-corrected chi connectivity index (χ0v) is 17.3. The van der Waals surface area contributed by atoms with Crippen molar-refractivity contribution < 1.29 is 4.79 Å². The van der Waals surface area contributed by atoms with Crippen molar-refractivity contribution in [3.05, 3.63) is 65.4 Å². The van der Waals surface area contributed by atoms with Gasteiger partial charge >= 0.3 is 0 Å². The van der Waals surface area contributed by atoms with Gasteiger partial charge in [0.2, 0.25) is 0 Å². The van der Waals surface area contributed by atoms with E-state index in [2.05, 4.69) is 39.7 Å². The molecule has 2 N–H and O–H groups in total. The molecule has 5 nitrogen and oxygen atoms in total. The van der Waals surface area contributed by atoms with Gasteiger partial charge in [0, 0.05) is 29.0 Å². The van der Waals surface area contributed by atoms with Crippen LogP contribution in [0.4, 0.5) is 5.69 Å². The van der Waals surface area contributed by atoms with Gasteiger partial charge in [0.05, 0.1) is 0 Å². The Hall–Kier alpha value is -2.64. The number of nitrogens with zero attached hydrogens (tertiary/aromatic N) is 2. The number of hydrogen-bond acceptors (Lipinski definition) is 5. The van der Waals surface area contributed by atoms with E-state index in [1.807, 2.05) is 24.3 Å². The molecule has 0 spiro atoms. The van der Waals surface area contributed by atoms with Gasteiger partial charge in [-0.05, 0) is 54.9 Å². The van der Waals surface area contributed by atoms with Gasteiger partial charge in [0.1, 0.15) is 10.7 Å². The van der Waals surface area contributed by atoms with Gasteiger partial charge < -0.3 is 5.32 Å². The first-order valence-electron chi connectivity index (χ1n) is 9.23. The fourth-order valence-electron chi connectivity index (χ4n) is 2.66. The Labute approximate surface area is 174 Å². The maximum Gasteiger partial charge on any atom is 0.276 e. The van der Waals surface area contributed by atoms with Crippen molar-refractivity contribution in [1.29, 1.82) is 0 Å². The third-order valence-corrected chi connectivity index (χ3v) is 5.25. The number of pyridine rings is 1. The predicted octanol–water partition coefficient (Wildman–Crippen LogP) is 5.06. The summed E-state index contributed by atoms with van der Waals surface area (Å²) in [6, 6.07) is 11.9. The zero-order valence-electron chi connectivity index (χ0n) is 15.6. The number of benzene rings is 1. The lowest BCUT2D eigenvalue weighted by molar-refractivity contribution is 0.0973. The third kappa shape index (κ3) is 5.68. The number of unbranched alkanes of at least 4 members (excludes halogenated alkanes) is 2. The lowest BCUT2D eigenvalue weighted by Gasteiger charge is -2.09. The molecule has 0 aliphatic carbocycles. The second-order valence-electron chi connectivity index (χ2n) is 6.34. The minimum Gasteiger partial charge on any atom is -0.332 e. The van der Waals surface area contributed by atoms with E-state index in [1.165, 1.54) is 36.2 Å². The van der Waals surface area contributed by atoms with E-state index < -0.39 is 0 Å². The number of aryl methyl sites for hydroxylation is 1. The fourth-order valence-corrected chi connectivity index (χ4v) is 3.66. The normalized spacial score (nSPS) is 10.5. The first-order chi connectivity index (χ1) is 13.7. The molecule has 0 aliphatic rings. The van der Waals surface area contributed by atoms with Gasteiger partial charge in [-0.3, -0.25) is 15.1 Å². The smallest absolute Gasteiger partial charge is 0.276 e. The molecule has 0 saturated heterocycles. The molecule has 28 heavy (non-hydrogen) atoms. The van der Waals surface area contributed by atoms with Crippen molar-refractivity contribution in [2.24, 2.45) is 0 Å². The van der Waals surface area contributed by atoms with Gasteiger partial charge in [-0.1, -0.05) is 31.9 Å². The van der Waals surface area contributed by atoms with Crippen molar-refractivity contribution in [2.75, 3.05) is 5.32 Å². The summed E-state index contributed by atoms with van der Waals surface area (Å²) in [5.41, 5.74) is 3.36. The highest BCUT2D eigenvalue weighted by Gasteiger charge is 2.13. The highest BCUT2D eigenvalue weighted by Crippen LogP contribution is 2.22. The molecule has 3 rings (SSSR count). The van der Waals surface area contributed by atoms with Crippen molar-refractivity contribution in [2.45, 2.75) is 32.6 Å². The Morgan fingerprint density at radius 3 is 2.71 bits per heavy atom. The molecule has 1 aromatic carbocycles. The number of aromatic nitrogens is 2. The van der Waals surface area contributed by atoms with Crippen molar-refractivity contribution >= 4 is 40.3 Å². The standard InChI is InChI=1S/C21H22N4OS2/c1-2-3-4-6-15-8-10-17(11-9-15)23-21(27)25-19(26)18-14-28-20(24-18)16-7-5-12-22-13-16/h5,7-14H,2-4,6H2,1H3,(H2,23,25,26,27). The Bertz CT molecular complexity index is 923. The van der Waals surface area contributed by atoms with E-state index >= 15 is 0 Å². The molecule has 2 heterocycles. The Balaban J connectivity index is 1.53. The summed E-state index contributed by atoms with van der Waals surface area (Å²) < 4.78 is 0. The summed E-state index contributed by atoms with van der Waals surface area (Å²) in [5, 5.41) is 8.43. The summed E-state index contributed by atoms with van der Waals surface area (Å²) in [7, 11) is 0. The number of thiocarbonyl (C=S) groups is 1. The van der Waals surface area contributed by atoms with E-state index in [-0.39, 0.29) is 11.0 Å². The van der Waals surface area contributed by atoms with Crippen LogP contribution in [0.5, 0.6) is 0 Å². The molecule has 0 fully saturated rings. The second kappa shape index (κ2) is 10.1. The number of anilines is 1. The largest absolute Gasteiger partial charge is 0.332 e. The van der Waals surface area contributed by atoms with Gasteiger partial charge in [-0.25, -0.2) is 4.98 Å². The molecular formula is C21H22N4OS2. The minimum absolute atomic E-state index is 0.250. The fraction of sp³-hybridized carbons (Fsp3) is 0.238. The maximum atomic E-state index is 12.4. The van der Waals surface area contributed by atoms with E-state index in [9.17, 15) is 4.79 Å². The van der Waals surface area contributed by atoms with Gasteiger partial charge in [-0.15, -0.1) is 11.3 Å². The molecule has 0 unspecified atom stereocenters. The van der Waals surface area contributed by atoms with Crippen molar-refractivity contribution in [1.82, 2.24) is 15.3 Å². The van der Waals surface area contributed by atoms with Crippen LogP contribution < -0.4 is 10.6 Å². The number of rotatable bonds is 7. The molecule has 0 radical (unpaired) electrons. The lowest BCUT2D eigenvalue weighted by atomic mass is 10.1. The van der Waals surface area contributed by atoms with E-state index in [1.54, 1.807) is 17.8 Å². The minimum atomic E-state index is -0.333. The van der Waals surface area contributed by atoms with E-state index in [4.69, 9.17) is 12.2 Å². The molecule has 3 aromatic rings. The van der Waals surface area contributed by atoms with Crippen molar-refractivity contribution in [3.63, 3.8) is 0 Å². The molecule has 2 aromatic heterocycles. The van der Waals surface area contributed by atoms with Gasteiger partial charge in [0.15, 0.2) is 5.11 Å². The Kier molecular flexibility index (Phi) is 7.22. The number of carbonyl (C=O) groups is 1. The van der Waals surface area contributed by atoms with Crippen LogP contribution in [0.1, 0.15) is 42.2 Å². The van der Waals surface area contributed by atoms with E-state index in [0.29, 0.717) is 5.69 Å². The van der Waals surface area contributed by atoms with Crippen LogP contribution in [-0.4, -0.2) is 21.0 Å². The first-order valence-corrected chi connectivity index (χ1v) is 10.5. The van der Waals surface area contributed by atoms with Crippen LogP contribution in [0.2, 0.25) is 0 Å². The number of nitrogens with one attached hydrogen (secondary N) is 2. The van der Waals surface area contributed by atoms with E-state index in [0.717, 1.165) is 22.7 Å².